The first-order valence-corrected chi connectivity index (χ1v) is 13.4. The smallest absolute Gasteiger partial charge is 0.254 e. The maximum atomic E-state index is 13.8. The summed E-state index contributed by atoms with van der Waals surface area (Å²) in [6.07, 6.45) is 2.63. The van der Waals surface area contributed by atoms with Crippen LogP contribution < -0.4 is 9.47 Å². The van der Waals surface area contributed by atoms with Crippen LogP contribution in [0.3, 0.4) is 0 Å². The van der Waals surface area contributed by atoms with Crippen LogP contribution in [0.1, 0.15) is 21.5 Å². The molecule has 0 radical (unpaired) electrons. The topological polar surface area (TPSA) is 84.1 Å². The summed E-state index contributed by atoms with van der Waals surface area (Å²) in [6, 6.07) is 20.3. The van der Waals surface area contributed by atoms with Gasteiger partial charge in [0.1, 0.15) is 6.54 Å². The Morgan fingerprint density at radius 1 is 0.875 bits per heavy atom. The van der Waals surface area contributed by atoms with Crippen molar-refractivity contribution in [2.75, 3.05) is 47.6 Å². The van der Waals surface area contributed by atoms with E-state index in [0.717, 1.165) is 22.0 Å². The molecular formula is C31H34ClN3O5. The number of carbonyl (C=O) groups excluding carboxylic acids is 2. The first kappa shape index (κ1) is 29.0. The number of hydrogen-bond donors (Lipinski definition) is 1. The van der Waals surface area contributed by atoms with E-state index in [4.69, 9.17) is 25.8 Å². The Balaban J connectivity index is 1.58. The second-order valence-electron chi connectivity index (χ2n) is 9.34. The molecule has 0 saturated heterocycles. The highest BCUT2D eigenvalue weighted by Crippen LogP contribution is 2.28. The van der Waals surface area contributed by atoms with E-state index in [0.29, 0.717) is 48.2 Å². The largest absolute Gasteiger partial charge is 0.493 e. The molecule has 0 aliphatic rings. The number of H-pyrrole nitrogens is 1. The van der Waals surface area contributed by atoms with E-state index in [-0.39, 0.29) is 24.9 Å². The molecule has 210 valence electrons. The summed E-state index contributed by atoms with van der Waals surface area (Å²) in [5.74, 6) is 0.767. The number of hydrogen-bond acceptors (Lipinski definition) is 5. The number of aromatic amines is 1. The molecule has 0 aliphatic carbocycles. The van der Waals surface area contributed by atoms with Gasteiger partial charge in [0.05, 0.1) is 20.8 Å². The molecule has 2 amide bonds. The molecular weight excluding hydrogens is 530 g/mol. The fourth-order valence-corrected chi connectivity index (χ4v) is 4.70. The molecule has 0 unspecified atom stereocenters. The zero-order chi connectivity index (χ0) is 28.5. The van der Waals surface area contributed by atoms with Crippen LogP contribution in [0.15, 0.2) is 72.9 Å². The van der Waals surface area contributed by atoms with Crippen LogP contribution in [0, 0.1) is 0 Å². The van der Waals surface area contributed by atoms with Gasteiger partial charge in [-0.2, -0.15) is 0 Å². The summed E-state index contributed by atoms with van der Waals surface area (Å²) in [5.41, 5.74) is 3.51. The highest BCUT2D eigenvalue weighted by atomic mass is 35.5. The zero-order valence-corrected chi connectivity index (χ0v) is 23.7. The third kappa shape index (κ3) is 7.14. The number of aromatic nitrogens is 1. The Morgan fingerprint density at radius 2 is 1.62 bits per heavy atom. The van der Waals surface area contributed by atoms with Crippen molar-refractivity contribution in [3.63, 3.8) is 0 Å². The van der Waals surface area contributed by atoms with Gasteiger partial charge in [0.15, 0.2) is 11.5 Å². The highest BCUT2D eigenvalue weighted by Gasteiger charge is 2.23. The van der Waals surface area contributed by atoms with Gasteiger partial charge in [-0.05, 0) is 60.0 Å². The van der Waals surface area contributed by atoms with Crippen LogP contribution in [0.25, 0.3) is 10.9 Å². The van der Waals surface area contributed by atoms with Crippen LogP contribution in [0.2, 0.25) is 5.02 Å². The second kappa shape index (κ2) is 13.9. The maximum absolute atomic E-state index is 13.8. The number of ether oxygens (including phenoxy) is 3. The second-order valence-corrected chi connectivity index (χ2v) is 9.78. The average Bonchev–Trinajstić information content (AvgIpc) is 3.40. The van der Waals surface area contributed by atoms with Gasteiger partial charge in [0, 0.05) is 54.4 Å². The average molecular weight is 564 g/mol. The lowest BCUT2D eigenvalue weighted by Gasteiger charge is -2.28. The molecule has 9 heteroatoms. The minimum Gasteiger partial charge on any atom is -0.493 e. The van der Waals surface area contributed by atoms with Gasteiger partial charge in [-0.25, -0.2) is 0 Å². The number of amides is 2. The first-order valence-electron chi connectivity index (χ1n) is 13.0. The van der Waals surface area contributed by atoms with Crippen molar-refractivity contribution in [1.82, 2.24) is 14.8 Å². The van der Waals surface area contributed by atoms with Gasteiger partial charge in [-0.1, -0.05) is 35.9 Å². The molecule has 3 aromatic carbocycles. The van der Waals surface area contributed by atoms with Crippen molar-refractivity contribution in [2.45, 2.75) is 13.0 Å². The molecule has 40 heavy (non-hydrogen) atoms. The molecule has 1 N–H and O–H groups in total. The molecule has 0 fully saturated rings. The normalized spacial score (nSPS) is 10.9. The van der Waals surface area contributed by atoms with Crippen LogP contribution in [0.5, 0.6) is 11.5 Å². The van der Waals surface area contributed by atoms with Crippen molar-refractivity contribution in [2.24, 2.45) is 0 Å². The zero-order valence-electron chi connectivity index (χ0n) is 23.0. The highest BCUT2D eigenvalue weighted by molar-refractivity contribution is 6.30. The Kier molecular flexibility index (Phi) is 10.0. The monoisotopic (exact) mass is 563 g/mol. The molecule has 4 rings (SSSR count). The van der Waals surface area contributed by atoms with Crippen molar-refractivity contribution in [3.05, 3.63) is 94.6 Å². The van der Waals surface area contributed by atoms with E-state index in [2.05, 4.69) is 11.1 Å². The Labute approximate surface area is 239 Å². The lowest BCUT2D eigenvalue weighted by molar-refractivity contribution is -0.132. The Hall–Kier alpha value is -4.01. The van der Waals surface area contributed by atoms with Crippen molar-refractivity contribution in [3.8, 4) is 11.5 Å². The van der Waals surface area contributed by atoms with E-state index in [1.807, 2.05) is 42.6 Å². The fraction of sp³-hybridized carbons (Fsp3) is 0.290. The number of methoxy groups -OCH3 is 3. The summed E-state index contributed by atoms with van der Waals surface area (Å²) in [4.78, 5) is 33.8. The maximum Gasteiger partial charge on any atom is 0.254 e. The molecule has 1 aromatic heterocycles. The summed E-state index contributed by atoms with van der Waals surface area (Å²) in [7, 11) is 4.73. The van der Waals surface area contributed by atoms with E-state index in [1.54, 1.807) is 50.5 Å². The number of nitrogens with one attached hydrogen (secondary N) is 1. The van der Waals surface area contributed by atoms with E-state index >= 15 is 0 Å². The quantitative estimate of drug-likeness (QED) is 0.242. The van der Waals surface area contributed by atoms with Crippen LogP contribution in [-0.4, -0.2) is 74.2 Å². The van der Waals surface area contributed by atoms with E-state index in [9.17, 15) is 9.59 Å². The van der Waals surface area contributed by atoms with E-state index < -0.39 is 0 Å². The fourth-order valence-electron chi connectivity index (χ4n) is 4.58. The predicted molar refractivity (Wildman–Crippen MR) is 156 cm³/mol. The van der Waals surface area contributed by atoms with Gasteiger partial charge in [-0.3, -0.25) is 9.59 Å². The van der Waals surface area contributed by atoms with Gasteiger partial charge in [0.25, 0.3) is 5.91 Å². The molecule has 4 aromatic rings. The molecule has 0 aliphatic heterocycles. The molecule has 0 saturated carbocycles. The van der Waals surface area contributed by atoms with Gasteiger partial charge >= 0.3 is 0 Å². The number of benzene rings is 3. The molecule has 0 atom stereocenters. The predicted octanol–water partition coefficient (Wildman–Crippen LogP) is 5.20. The Morgan fingerprint density at radius 3 is 2.35 bits per heavy atom. The number of para-hydroxylation sites is 1. The molecule has 8 nitrogen and oxygen atoms in total. The Bertz CT molecular complexity index is 1440. The van der Waals surface area contributed by atoms with Gasteiger partial charge < -0.3 is 29.0 Å². The molecule has 0 bridgehead atoms. The number of halogens is 1. The van der Waals surface area contributed by atoms with Crippen LogP contribution >= 0.6 is 11.6 Å². The van der Waals surface area contributed by atoms with Gasteiger partial charge in [-0.15, -0.1) is 0 Å². The van der Waals surface area contributed by atoms with Crippen LogP contribution in [-0.2, 0) is 22.5 Å². The van der Waals surface area contributed by atoms with Gasteiger partial charge in [0.2, 0.25) is 5.91 Å². The lowest BCUT2D eigenvalue weighted by Crippen LogP contribution is -2.44. The first-order chi connectivity index (χ1) is 19.4. The number of rotatable bonds is 13. The SMILES string of the molecule is COCCN(CC(=O)N(CCc1c[nH]c2ccccc12)Cc1ccc(OC)c(OC)c1)C(=O)c1ccc(Cl)cc1. The summed E-state index contributed by atoms with van der Waals surface area (Å²) >= 11 is 6.01. The van der Waals surface area contributed by atoms with Crippen molar-refractivity contribution < 1.29 is 23.8 Å². The molecule has 0 spiro atoms. The minimum absolute atomic E-state index is 0.0913. The number of fused-ring (bicyclic) bond motifs is 1. The molecule has 1 heterocycles. The summed E-state index contributed by atoms with van der Waals surface area (Å²) in [5, 5.41) is 1.66. The number of nitrogens with zero attached hydrogens (tertiary/aromatic N) is 2. The minimum atomic E-state index is -0.259. The third-order valence-electron chi connectivity index (χ3n) is 6.77. The number of carbonyl (C=O) groups is 2. The lowest BCUT2D eigenvalue weighted by atomic mass is 10.1. The van der Waals surface area contributed by atoms with Crippen molar-refractivity contribution in [1.29, 1.82) is 0 Å². The van der Waals surface area contributed by atoms with Crippen LogP contribution in [0.4, 0.5) is 0 Å². The summed E-state index contributed by atoms with van der Waals surface area (Å²) in [6.45, 7) is 1.29. The third-order valence-corrected chi connectivity index (χ3v) is 7.02. The standard InChI is InChI=1S/C31H34ClN3O5/c1-38-17-16-35(31(37)23-9-11-25(32)12-10-23)21-30(36)34(20-22-8-13-28(39-2)29(18-22)40-3)15-14-24-19-33-27-7-5-4-6-26(24)27/h4-13,18-19,33H,14-17,20-21H2,1-3H3. The van der Waals surface area contributed by atoms with Crippen molar-refractivity contribution >= 4 is 34.3 Å². The van der Waals surface area contributed by atoms with E-state index in [1.165, 1.54) is 4.90 Å². The summed E-state index contributed by atoms with van der Waals surface area (Å²) < 4.78 is 16.1.